The summed E-state index contributed by atoms with van der Waals surface area (Å²) in [5.74, 6) is 0.000517. The zero-order chi connectivity index (χ0) is 14.4. The van der Waals surface area contributed by atoms with E-state index in [1.807, 2.05) is 0 Å². The number of aromatic nitrogens is 2. The van der Waals surface area contributed by atoms with Gasteiger partial charge in [-0.2, -0.15) is 0 Å². The lowest BCUT2D eigenvalue weighted by atomic mass is 10.1. The molecule has 0 saturated heterocycles. The van der Waals surface area contributed by atoms with Gasteiger partial charge in [0.05, 0.1) is 6.33 Å². The molecule has 1 aromatic heterocycles. The van der Waals surface area contributed by atoms with Gasteiger partial charge in [-0.05, 0) is 31.2 Å². The van der Waals surface area contributed by atoms with E-state index in [-0.39, 0.29) is 11.8 Å². The van der Waals surface area contributed by atoms with Crippen LogP contribution in [0.4, 0.5) is 10.5 Å². The number of hydrogen-bond donors (Lipinski definition) is 3. The number of nitrogens with one attached hydrogen (secondary N) is 3. The molecule has 0 saturated carbocycles. The van der Waals surface area contributed by atoms with Gasteiger partial charge in [0.25, 0.3) is 0 Å². The second kappa shape index (κ2) is 6.51. The maximum atomic E-state index is 11.6. The van der Waals surface area contributed by atoms with E-state index in [4.69, 9.17) is 0 Å². The number of H-pyrrole nitrogens is 1. The van der Waals surface area contributed by atoms with Gasteiger partial charge in [0.1, 0.15) is 0 Å². The Morgan fingerprint density at radius 1 is 1.25 bits per heavy atom. The second-order valence-electron chi connectivity index (χ2n) is 4.34. The monoisotopic (exact) mass is 272 g/mol. The summed E-state index contributed by atoms with van der Waals surface area (Å²) < 4.78 is 0. The number of nitrogens with zero attached hydrogens (tertiary/aromatic N) is 1. The van der Waals surface area contributed by atoms with E-state index in [2.05, 4.69) is 20.6 Å². The Hall–Kier alpha value is -2.63. The zero-order valence-corrected chi connectivity index (χ0v) is 11.1. The van der Waals surface area contributed by atoms with Crippen LogP contribution in [0.1, 0.15) is 23.0 Å². The summed E-state index contributed by atoms with van der Waals surface area (Å²) in [4.78, 5) is 29.6. The smallest absolute Gasteiger partial charge is 0.319 e. The van der Waals surface area contributed by atoms with Crippen LogP contribution in [0, 0.1) is 0 Å². The minimum atomic E-state index is -0.278. The fourth-order valence-electron chi connectivity index (χ4n) is 1.70. The van der Waals surface area contributed by atoms with Gasteiger partial charge in [-0.25, -0.2) is 9.78 Å². The van der Waals surface area contributed by atoms with Gasteiger partial charge in [-0.3, -0.25) is 4.79 Å². The number of carbonyl (C=O) groups excluding carboxylic acids is 2. The van der Waals surface area contributed by atoms with Crippen LogP contribution in [0.3, 0.4) is 0 Å². The molecule has 2 aromatic rings. The van der Waals surface area contributed by atoms with E-state index < -0.39 is 0 Å². The third-order valence-electron chi connectivity index (χ3n) is 2.78. The van der Waals surface area contributed by atoms with Crippen molar-refractivity contribution in [1.82, 2.24) is 15.3 Å². The molecule has 6 heteroatoms. The van der Waals surface area contributed by atoms with E-state index >= 15 is 0 Å². The summed E-state index contributed by atoms with van der Waals surface area (Å²) in [5, 5.41) is 5.44. The Balaban J connectivity index is 1.77. The topological polar surface area (TPSA) is 86.9 Å². The van der Waals surface area contributed by atoms with Gasteiger partial charge < -0.3 is 15.6 Å². The van der Waals surface area contributed by atoms with Crippen molar-refractivity contribution in [3.8, 4) is 0 Å². The summed E-state index contributed by atoms with van der Waals surface area (Å²) in [6, 6.07) is 6.49. The van der Waals surface area contributed by atoms with Crippen LogP contribution < -0.4 is 10.6 Å². The highest BCUT2D eigenvalue weighted by molar-refractivity contribution is 5.95. The Kier molecular flexibility index (Phi) is 4.49. The predicted octanol–water partition coefficient (Wildman–Crippen LogP) is 1.98. The first-order chi connectivity index (χ1) is 9.65. The second-order valence-corrected chi connectivity index (χ2v) is 4.34. The third-order valence-corrected chi connectivity index (χ3v) is 2.78. The molecule has 0 bridgehead atoms. The lowest BCUT2D eigenvalue weighted by molar-refractivity contribution is 0.101. The van der Waals surface area contributed by atoms with E-state index in [1.165, 1.54) is 6.92 Å². The SMILES string of the molecule is CC(=O)c1ccc(NC(=O)NCCc2cnc[nH]2)cc1. The molecule has 0 radical (unpaired) electrons. The van der Waals surface area contributed by atoms with Crippen molar-refractivity contribution in [2.75, 3.05) is 11.9 Å². The summed E-state index contributed by atoms with van der Waals surface area (Å²) >= 11 is 0. The fraction of sp³-hybridized carbons (Fsp3) is 0.214. The van der Waals surface area contributed by atoms with Gasteiger partial charge in [0, 0.05) is 36.1 Å². The highest BCUT2D eigenvalue weighted by Gasteiger charge is 2.03. The van der Waals surface area contributed by atoms with Crippen molar-refractivity contribution in [3.05, 3.63) is 48.0 Å². The number of urea groups is 1. The first kappa shape index (κ1) is 13.8. The van der Waals surface area contributed by atoms with Gasteiger partial charge in [-0.15, -0.1) is 0 Å². The average Bonchev–Trinajstić information content (AvgIpc) is 2.92. The number of anilines is 1. The van der Waals surface area contributed by atoms with Crippen molar-refractivity contribution in [2.45, 2.75) is 13.3 Å². The molecule has 20 heavy (non-hydrogen) atoms. The molecule has 0 aliphatic carbocycles. The lowest BCUT2D eigenvalue weighted by Gasteiger charge is -2.07. The molecular weight excluding hydrogens is 256 g/mol. The van der Waals surface area contributed by atoms with Crippen LogP contribution in [0.25, 0.3) is 0 Å². The maximum absolute atomic E-state index is 11.6. The normalized spacial score (nSPS) is 10.1. The van der Waals surface area contributed by atoms with Crippen LogP contribution in [-0.4, -0.2) is 28.3 Å². The molecule has 2 amide bonds. The van der Waals surface area contributed by atoms with Crippen molar-refractivity contribution in [2.24, 2.45) is 0 Å². The van der Waals surface area contributed by atoms with Crippen LogP contribution in [-0.2, 0) is 6.42 Å². The highest BCUT2D eigenvalue weighted by atomic mass is 16.2. The zero-order valence-electron chi connectivity index (χ0n) is 11.1. The number of amides is 2. The standard InChI is InChI=1S/C14H16N4O2/c1-10(19)11-2-4-12(5-3-11)18-14(20)16-7-6-13-8-15-9-17-13/h2-5,8-9H,6-7H2,1H3,(H,15,17)(H2,16,18,20). The van der Waals surface area contributed by atoms with Crippen molar-refractivity contribution in [3.63, 3.8) is 0 Å². The number of rotatable bonds is 5. The quantitative estimate of drug-likeness (QED) is 0.727. The fourth-order valence-corrected chi connectivity index (χ4v) is 1.70. The molecule has 2 rings (SSSR count). The first-order valence-corrected chi connectivity index (χ1v) is 6.28. The van der Waals surface area contributed by atoms with Gasteiger partial charge in [0.15, 0.2) is 5.78 Å². The highest BCUT2D eigenvalue weighted by Crippen LogP contribution is 2.09. The van der Waals surface area contributed by atoms with E-state index in [9.17, 15) is 9.59 Å². The van der Waals surface area contributed by atoms with E-state index in [1.54, 1.807) is 36.8 Å². The summed E-state index contributed by atoms with van der Waals surface area (Å²) in [6.45, 7) is 2.02. The maximum Gasteiger partial charge on any atom is 0.319 e. The number of hydrogen-bond acceptors (Lipinski definition) is 3. The predicted molar refractivity (Wildman–Crippen MR) is 75.8 cm³/mol. The minimum Gasteiger partial charge on any atom is -0.348 e. The van der Waals surface area contributed by atoms with E-state index in [0.29, 0.717) is 24.2 Å². The number of ketones is 1. The largest absolute Gasteiger partial charge is 0.348 e. The molecule has 0 aliphatic heterocycles. The molecular formula is C14H16N4O2. The van der Waals surface area contributed by atoms with E-state index in [0.717, 1.165) is 5.69 Å². The molecule has 0 aliphatic rings. The molecule has 1 aromatic carbocycles. The third kappa shape index (κ3) is 3.94. The number of imidazole rings is 1. The molecule has 1 heterocycles. The summed E-state index contributed by atoms with van der Waals surface area (Å²) in [5.41, 5.74) is 2.24. The minimum absolute atomic E-state index is 0.000517. The van der Waals surface area contributed by atoms with Gasteiger partial charge in [-0.1, -0.05) is 0 Å². The number of aromatic amines is 1. The lowest BCUT2D eigenvalue weighted by Crippen LogP contribution is -2.30. The van der Waals surface area contributed by atoms with Crippen molar-refractivity contribution < 1.29 is 9.59 Å². The molecule has 0 spiro atoms. The molecule has 0 fully saturated rings. The molecule has 0 unspecified atom stereocenters. The summed E-state index contributed by atoms with van der Waals surface area (Å²) in [7, 11) is 0. The van der Waals surface area contributed by atoms with Crippen LogP contribution in [0.2, 0.25) is 0 Å². The molecule has 6 nitrogen and oxygen atoms in total. The Morgan fingerprint density at radius 2 is 2.00 bits per heavy atom. The Bertz CT molecular complexity index is 576. The van der Waals surface area contributed by atoms with Crippen molar-refractivity contribution >= 4 is 17.5 Å². The van der Waals surface area contributed by atoms with Crippen LogP contribution in [0.5, 0.6) is 0 Å². The number of carbonyl (C=O) groups is 2. The van der Waals surface area contributed by atoms with Crippen LogP contribution >= 0.6 is 0 Å². The Labute approximate surface area is 116 Å². The molecule has 0 atom stereocenters. The van der Waals surface area contributed by atoms with Crippen molar-refractivity contribution in [1.29, 1.82) is 0 Å². The van der Waals surface area contributed by atoms with Crippen LogP contribution in [0.15, 0.2) is 36.8 Å². The number of benzene rings is 1. The van der Waals surface area contributed by atoms with Gasteiger partial charge >= 0.3 is 6.03 Å². The molecule has 3 N–H and O–H groups in total. The first-order valence-electron chi connectivity index (χ1n) is 6.28. The summed E-state index contributed by atoms with van der Waals surface area (Å²) in [6.07, 6.45) is 4.02. The average molecular weight is 272 g/mol. The number of Topliss-reactive ketones (excluding diaryl/α,β-unsaturated/α-hetero) is 1. The Morgan fingerprint density at radius 3 is 2.60 bits per heavy atom. The molecule has 104 valence electrons. The van der Waals surface area contributed by atoms with Gasteiger partial charge in [0.2, 0.25) is 0 Å².